The van der Waals surface area contributed by atoms with Gasteiger partial charge in [-0.1, -0.05) is 11.6 Å². The van der Waals surface area contributed by atoms with Crippen LogP contribution in [-0.2, 0) is 4.84 Å². The first-order valence-corrected chi connectivity index (χ1v) is 9.48. The number of aromatic nitrogens is 2. The van der Waals surface area contributed by atoms with Gasteiger partial charge < -0.3 is 4.90 Å². The van der Waals surface area contributed by atoms with Crippen molar-refractivity contribution < 1.29 is 4.84 Å². The Morgan fingerprint density at radius 1 is 1.20 bits per heavy atom. The van der Waals surface area contributed by atoms with Crippen molar-refractivity contribution in [1.29, 1.82) is 0 Å². The Balaban J connectivity index is 1.16. The predicted octanol–water partition coefficient (Wildman–Crippen LogP) is 3.16. The molecule has 0 amide bonds. The number of hydroxylamine groups is 2. The minimum absolute atomic E-state index is 0.591. The molecule has 2 aliphatic heterocycles. The van der Waals surface area contributed by atoms with Crippen LogP contribution in [0.4, 0.5) is 5.95 Å². The summed E-state index contributed by atoms with van der Waals surface area (Å²) in [5, 5.41) is 2.40. The lowest BCUT2D eigenvalue weighted by Gasteiger charge is -2.32. The SMILES string of the molecule is Clc1cnc(N2CCC([C@@H]3C[C@@H]3CCON3C=NC=CC3)CC2)nc1. The van der Waals surface area contributed by atoms with E-state index in [4.69, 9.17) is 16.4 Å². The molecule has 2 atom stereocenters. The minimum Gasteiger partial charge on any atom is -0.341 e. The molecule has 1 aromatic heterocycles. The first-order valence-electron chi connectivity index (χ1n) is 9.10. The van der Waals surface area contributed by atoms with Crippen molar-refractivity contribution in [3.63, 3.8) is 0 Å². The third-order valence-electron chi connectivity index (χ3n) is 5.43. The Hall–Kier alpha value is -1.66. The molecule has 134 valence electrons. The summed E-state index contributed by atoms with van der Waals surface area (Å²) < 4.78 is 0. The van der Waals surface area contributed by atoms with Gasteiger partial charge in [0.05, 0.1) is 30.6 Å². The molecule has 2 fully saturated rings. The maximum atomic E-state index is 5.86. The van der Waals surface area contributed by atoms with E-state index >= 15 is 0 Å². The Morgan fingerprint density at radius 3 is 2.72 bits per heavy atom. The molecule has 0 N–H and O–H groups in total. The number of halogens is 1. The largest absolute Gasteiger partial charge is 0.341 e. The van der Waals surface area contributed by atoms with Crippen LogP contribution in [0.1, 0.15) is 25.7 Å². The Morgan fingerprint density at radius 2 is 2.00 bits per heavy atom. The third-order valence-corrected chi connectivity index (χ3v) is 5.63. The number of piperidine rings is 1. The molecule has 0 bridgehead atoms. The van der Waals surface area contributed by atoms with Gasteiger partial charge in [-0.15, -0.1) is 0 Å². The second-order valence-corrected chi connectivity index (χ2v) is 7.49. The van der Waals surface area contributed by atoms with Gasteiger partial charge in [-0.2, -0.15) is 0 Å². The average molecular weight is 362 g/mol. The van der Waals surface area contributed by atoms with E-state index in [1.54, 1.807) is 24.9 Å². The van der Waals surface area contributed by atoms with Crippen molar-refractivity contribution in [3.05, 3.63) is 29.7 Å². The van der Waals surface area contributed by atoms with Crippen LogP contribution in [0.5, 0.6) is 0 Å². The number of nitrogens with zero attached hydrogens (tertiary/aromatic N) is 5. The van der Waals surface area contributed by atoms with Crippen LogP contribution >= 0.6 is 11.6 Å². The molecule has 0 aromatic carbocycles. The Labute approximate surface area is 153 Å². The van der Waals surface area contributed by atoms with Gasteiger partial charge in [-0.3, -0.25) is 4.84 Å². The zero-order chi connectivity index (χ0) is 17.1. The van der Waals surface area contributed by atoms with Crippen molar-refractivity contribution in [3.8, 4) is 0 Å². The van der Waals surface area contributed by atoms with Crippen LogP contribution in [0.2, 0.25) is 5.02 Å². The molecule has 0 radical (unpaired) electrons. The first kappa shape index (κ1) is 16.8. The molecule has 0 unspecified atom stereocenters. The van der Waals surface area contributed by atoms with Gasteiger partial charge in [-0.05, 0) is 49.5 Å². The molecule has 1 aliphatic carbocycles. The average Bonchev–Trinajstić information content (AvgIpc) is 3.43. The van der Waals surface area contributed by atoms with Crippen molar-refractivity contribution in [1.82, 2.24) is 15.0 Å². The summed E-state index contributed by atoms with van der Waals surface area (Å²) >= 11 is 5.86. The normalized spacial score (nSPS) is 26.3. The van der Waals surface area contributed by atoms with Crippen molar-refractivity contribution >= 4 is 23.9 Å². The smallest absolute Gasteiger partial charge is 0.225 e. The number of hydrogen-bond donors (Lipinski definition) is 0. The van der Waals surface area contributed by atoms with Crippen molar-refractivity contribution in [2.45, 2.75) is 25.7 Å². The van der Waals surface area contributed by atoms with Gasteiger partial charge in [0.25, 0.3) is 0 Å². The lowest BCUT2D eigenvalue weighted by atomic mass is 9.90. The van der Waals surface area contributed by atoms with Gasteiger partial charge >= 0.3 is 0 Å². The molecule has 7 heteroatoms. The van der Waals surface area contributed by atoms with E-state index in [1.165, 1.54) is 19.3 Å². The zero-order valence-corrected chi connectivity index (χ0v) is 15.1. The monoisotopic (exact) mass is 361 g/mol. The van der Waals surface area contributed by atoms with Crippen LogP contribution in [0.3, 0.4) is 0 Å². The van der Waals surface area contributed by atoms with E-state index in [1.807, 2.05) is 11.1 Å². The summed E-state index contributed by atoms with van der Waals surface area (Å²) in [7, 11) is 0. The summed E-state index contributed by atoms with van der Waals surface area (Å²) in [5.74, 6) is 3.36. The lowest BCUT2D eigenvalue weighted by Crippen LogP contribution is -2.35. The predicted molar refractivity (Wildman–Crippen MR) is 98.5 cm³/mol. The van der Waals surface area contributed by atoms with Crippen LogP contribution in [0.25, 0.3) is 0 Å². The van der Waals surface area contributed by atoms with E-state index in [-0.39, 0.29) is 0 Å². The Bertz CT molecular complexity index is 627. The summed E-state index contributed by atoms with van der Waals surface area (Å²) in [6, 6.07) is 0. The summed E-state index contributed by atoms with van der Waals surface area (Å²) in [6.45, 7) is 3.67. The highest BCUT2D eigenvalue weighted by Crippen LogP contribution is 2.49. The minimum atomic E-state index is 0.591. The highest BCUT2D eigenvalue weighted by molar-refractivity contribution is 6.30. The topological polar surface area (TPSA) is 53.9 Å². The van der Waals surface area contributed by atoms with Crippen LogP contribution in [0, 0.1) is 17.8 Å². The quantitative estimate of drug-likeness (QED) is 0.779. The van der Waals surface area contributed by atoms with Gasteiger partial charge in [0.1, 0.15) is 6.34 Å². The third kappa shape index (κ3) is 4.30. The van der Waals surface area contributed by atoms with E-state index in [0.29, 0.717) is 5.02 Å². The number of anilines is 1. The molecular weight excluding hydrogens is 338 g/mol. The highest BCUT2D eigenvalue weighted by atomic mass is 35.5. The molecule has 1 saturated heterocycles. The molecule has 6 nitrogen and oxygen atoms in total. The second kappa shape index (κ2) is 7.70. The number of aliphatic imine (C=N–C) groups is 1. The van der Waals surface area contributed by atoms with Gasteiger partial charge in [0.2, 0.25) is 5.95 Å². The van der Waals surface area contributed by atoms with E-state index in [0.717, 1.165) is 56.4 Å². The maximum Gasteiger partial charge on any atom is 0.225 e. The van der Waals surface area contributed by atoms with Gasteiger partial charge in [-0.25, -0.2) is 20.0 Å². The molecule has 0 spiro atoms. The molecule has 4 rings (SSSR count). The lowest BCUT2D eigenvalue weighted by molar-refractivity contribution is -0.0899. The standard InChI is InChI=1S/C18H24ClN5O/c19-16-11-21-18(22-12-16)23-7-2-14(3-8-23)17-10-15(17)4-9-25-24-6-1-5-20-13-24/h1,5,11-15,17H,2-4,6-10H2/t15-,17-/m0/s1. The van der Waals surface area contributed by atoms with Gasteiger partial charge in [0.15, 0.2) is 0 Å². The molecular formula is C18H24ClN5O. The van der Waals surface area contributed by atoms with Crippen molar-refractivity contribution in [2.75, 3.05) is 31.1 Å². The molecule has 1 saturated carbocycles. The molecule has 3 heterocycles. The summed E-state index contributed by atoms with van der Waals surface area (Å²) in [4.78, 5) is 20.8. The van der Waals surface area contributed by atoms with Crippen LogP contribution in [-0.4, -0.2) is 47.6 Å². The summed E-state index contributed by atoms with van der Waals surface area (Å²) in [5.41, 5.74) is 0. The fourth-order valence-corrected chi connectivity index (χ4v) is 4.05. The van der Waals surface area contributed by atoms with E-state index < -0.39 is 0 Å². The fourth-order valence-electron chi connectivity index (χ4n) is 3.96. The molecule has 1 aromatic rings. The summed E-state index contributed by atoms with van der Waals surface area (Å²) in [6.07, 6.45) is 13.9. The zero-order valence-electron chi connectivity index (χ0n) is 14.3. The van der Waals surface area contributed by atoms with Crippen LogP contribution < -0.4 is 4.90 Å². The highest BCUT2D eigenvalue weighted by Gasteiger charge is 2.43. The fraction of sp³-hybridized carbons (Fsp3) is 0.611. The maximum absolute atomic E-state index is 5.86. The molecule has 3 aliphatic rings. The first-order chi connectivity index (χ1) is 12.3. The number of rotatable bonds is 6. The van der Waals surface area contributed by atoms with E-state index in [2.05, 4.69) is 19.9 Å². The second-order valence-electron chi connectivity index (χ2n) is 7.06. The number of hydrogen-bond acceptors (Lipinski definition) is 6. The van der Waals surface area contributed by atoms with Gasteiger partial charge in [0, 0.05) is 19.3 Å². The van der Waals surface area contributed by atoms with E-state index in [9.17, 15) is 0 Å². The van der Waals surface area contributed by atoms with Crippen molar-refractivity contribution in [2.24, 2.45) is 22.7 Å². The molecule has 25 heavy (non-hydrogen) atoms. The van der Waals surface area contributed by atoms with Crippen LogP contribution in [0.15, 0.2) is 29.7 Å². The Kier molecular flexibility index (Phi) is 5.17.